The van der Waals surface area contributed by atoms with Crippen LogP contribution < -0.4 is 4.90 Å². The van der Waals surface area contributed by atoms with E-state index in [2.05, 4.69) is 25.9 Å². The highest BCUT2D eigenvalue weighted by atomic mass is 79.9. The quantitative estimate of drug-likeness (QED) is 0.304. The van der Waals surface area contributed by atoms with Crippen molar-refractivity contribution >= 4 is 21.6 Å². The summed E-state index contributed by atoms with van der Waals surface area (Å²) in [4.78, 5) is 8.52. The van der Waals surface area contributed by atoms with Gasteiger partial charge in [-0.3, -0.25) is 4.98 Å². The Morgan fingerprint density at radius 1 is 0.706 bits per heavy atom. The van der Waals surface area contributed by atoms with E-state index in [4.69, 9.17) is 0 Å². The Bertz CT molecular complexity index is 1110. The van der Waals surface area contributed by atoms with Crippen LogP contribution >= 0.6 is 15.9 Å². The lowest BCUT2D eigenvalue weighted by molar-refractivity contribution is -0.144. The first-order chi connectivity index (χ1) is 15.7. The zero-order chi connectivity index (χ0) is 25.3. The first-order valence-corrected chi connectivity index (χ1v) is 10.1. The van der Waals surface area contributed by atoms with Gasteiger partial charge in [-0.2, -0.15) is 39.5 Å². The monoisotopic (exact) mass is 557 g/mol. The maximum atomic E-state index is 13.5. The van der Waals surface area contributed by atoms with Crippen molar-refractivity contribution in [3.63, 3.8) is 0 Å². The minimum absolute atomic E-state index is 0.212. The predicted octanol–water partition coefficient (Wildman–Crippen LogP) is 7.50. The molecule has 2 heterocycles. The summed E-state index contributed by atoms with van der Waals surface area (Å²) in [5, 5.41) is 0. The Hall–Kier alpha value is -2.83. The molecule has 0 N–H and O–H groups in total. The lowest BCUT2D eigenvalue weighted by Crippen LogP contribution is -2.25. The molecule has 0 saturated heterocycles. The second-order valence-electron chi connectivity index (χ2n) is 7.04. The summed E-state index contributed by atoms with van der Waals surface area (Å²) < 4.78 is 119. The van der Waals surface area contributed by atoms with Gasteiger partial charge in [0.05, 0.1) is 35.6 Å². The molecule has 1 aromatic carbocycles. The number of nitrogens with zero attached hydrogens (tertiary/aromatic N) is 3. The van der Waals surface area contributed by atoms with Crippen molar-refractivity contribution in [2.75, 3.05) is 4.90 Å². The molecule has 0 fully saturated rings. The molecule has 0 aliphatic rings. The van der Waals surface area contributed by atoms with E-state index < -0.39 is 52.1 Å². The summed E-state index contributed by atoms with van der Waals surface area (Å²) in [7, 11) is 0. The van der Waals surface area contributed by atoms with Crippen LogP contribution in [0, 0.1) is 0 Å². The maximum absolute atomic E-state index is 13.5. The summed E-state index contributed by atoms with van der Waals surface area (Å²) >= 11 is 2.39. The molecule has 182 valence electrons. The number of benzene rings is 1. The Kier molecular flexibility index (Phi) is 7.15. The third kappa shape index (κ3) is 6.19. The molecule has 0 spiro atoms. The van der Waals surface area contributed by atoms with Crippen molar-refractivity contribution in [3.05, 3.63) is 87.4 Å². The Morgan fingerprint density at radius 2 is 1.26 bits per heavy atom. The smallest absolute Gasteiger partial charge is 0.360 e. The molecule has 0 atom stereocenters. The molecule has 0 saturated carbocycles. The van der Waals surface area contributed by atoms with Gasteiger partial charge < -0.3 is 4.90 Å². The van der Waals surface area contributed by atoms with Gasteiger partial charge in [-0.1, -0.05) is 12.1 Å². The Morgan fingerprint density at radius 3 is 1.76 bits per heavy atom. The van der Waals surface area contributed by atoms with Crippen LogP contribution in [-0.4, -0.2) is 9.97 Å². The molecule has 0 amide bonds. The van der Waals surface area contributed by atoms with E-state index in [9.17, 15) is 39.5 Å². The van der Waals surface area contributed by atoms with E-state index in [-0.39, 0.29) is 17.9 Å². The van der Waals surface area contributed by atoms with Crippen LogP contribution in [0.4, 0.5) is 45.2 Å². The summed E-state index contributed by atoms with van der Waals surface area (Å²) in [6.07, 6.45) is -13.7. The molecule has 0 radical (unpaired) electrons. The van der Waals surface area contributed by atoms with Crippen molar-refractivity contribution < 1.29 is 39.5 Å². The van der Waals surface area contributed by atoms with E-state index in [0.717, 1.165) is 11.0 Å². The highest BCUT2D eigenvalue weighted by molar-refractivity contribution is 9.10. The van der Waals surface area contributed by atoms with Crippen LogP contribution in [0.15, 0.2) is 59.2 Å². The summed E-state index contributed by atoms with van der Waals surface area (Å²) in [5.74, 6) is 0. The van der Waals surface area contributed by atoms with Crippen molar-refractivity contribution in [3.8, 4) is 0 Å². The van der Waals surface area contributed by atoms with Crippen molar-refractivity contribution in [1.82, 2.24) is 9.97 Å². The minimum Gasteiger partial charge on any atom is -0.360 e. The minimum atomic E-state index is -5.14. The van der Waals surface area contributed by atoms with E-state index >= 15 is 0 Å². The third-order valence-electron chi connectivity index (χ3n) is 4.56. The van der Waals surface area contributed by atoms with Crippen molar-refractivity contribution in [2.45, 2.75) is 31.6 Å². The lowest BCUT2D eigenvalue weighted by atomic mass is 10.1. The fourth-order valence-corrected chi connectivity index (χ4v) is 3.73. The second kappa shape index (κ2) is 9.43. The molecular weight excluding hydrogens is 545 g/mol. The Balaban J connectivity index is 2.15. The average Bonchev–Trinajstić information content (AvgIpc) is 2.72. The summed E-state index contributed by atoms with van der Waals surface area (Å²) in [6.45, 7) is -0.814. The van der Waals surface area contributed by atoms with Crippen LogP contribution in [0.25, 0.3) is 0 Å². The van der Waals surface area contributed by atoms with Gasteiger partial charge in [0.1, 0.15) is 5.69 Å². The number of alkyl halides is 9. The van der Waals surface area contributed by atoms with Gasteiger partial charge in [-0.05, 0) is 52.3 Å². The van der Waals surface area contributed by atoms with E-state index in [0.29, 0.717) is 18.2 Å². The van der Waals surface area contributed by atoms with Gasteiger partial charge in [0.15, 0.2) is 0 Å². The summed E-state index contributed by atoms with van der Waals surface area (Å²) in [5.41, 5.74) is -4.88. The molecule has 2 aromatic heterocycles. The number of hydrogen-bond donors (Lipinski definition) is 0. The third-order valence-corrected chi connectivity index (χ3v) is 5.42. The number of aromatic nitrogens is 2. The molecule has 3 nitrogen and oxygen atoms in total. The van der Waals surface area contributed by atoms with E-state index in [1.165, 1.54) is 18.3 Å². The fraction of sp³-hybridized carbons (Fsp3) is 0.238. The molecular formula is C21H13BrF9N3. The zero-order valence-electron chi connectivity index (χ0n) is 16.7. The van der Waals surface area contributed by atoms with Crippen LogP contribution in [0.5, 0.6) is 0 Å². The SMILES string of the molecule is FC(F)(F)c1cccc(CN(Cc2ccccn2)c2cc(C(F)(F)F)c(Br)c(C(F)(F)F)c2)n1. The van der Waals surface area contributed by atoms with Gasteiger partial charge in [-0.15, -0.1) is 0 Å². The van der Waals surface area contributed by atoms with Gasteiger partial charge in [0.2, 0.25) is 0 Å². The largest absolute Gasteiger partial charge is 0.433 e. The molecule has 3 rings (SSSR count). The topological polar surface area (TPSA) is 29.0 Å². The Labute approximate surface area is 195 Å². The van der Waals surface area contributed by atoms with Crippen LogP contribution in [0.2, 0.25) is 0 Å². The molecule has 13 heteroatoms. The number of pyridine rings is 2. The lowest BCUT2D eigenvalue weighted by Gasteiger charge is -2.27. The molecule has 0 aliphatic heterocycles. The molecule has 0 unspecified atom stereocenters. The van der Waals surface area contributed by atoms with Gasteiger partial charge in [0, 0.05) is 16.4 Å². The first-order valence-electron chi connectivity index (χ1n) is 9.32. The molecule has 0 bridgehead atoms. The van der Waals surface area contributed by atoms with Gasteiger partial charge in [-0.25, -0.2) is 4.98 Å². The summed E-state index contributed by atoms with van der Waals surface area (Å²) in [6, 6.07) is 8.50. The number of halogens is 10. The number of hydrogen-bond acceptors (Lipinski definition) is 3. The van der Waals surface area contributed by atoms with Crippen LogP contribution in [-0.2, 0) is 31.6 Å². The van der Waals surface area contributed by atoms with E-state index in [1.807, 2.05) is 0 Å². The molecule has 3 aromatic rings. The maximum Gasteiger partial charge on any atom is 0.433 e. The average molecular weight is 558 g/mol. The molecule has 34 heavy (non-hydrogen) atoms. The van der Waals surface area contributed by atoms with Crippen LogP contribution in [0.3, 0.4) is 0 Å². The van der Waals surface area contributed by atoms with Gasteiger partial charge >= 0.3 is 18.5 Å². The highest BCUT2D eigenvalue weighted by Crippen LogP contribution is 2.45. The van der Waals surface area contributed by atoms with E-state index in [1.54, 1.807) is 12.1 Å². The number of anilines is 1. The predicted molar refractivity (Wildman–Crippen MR) is 108 cm³/mol. The van der Waals surface area contributed by atoms with Crippen molar-refractivity contribution in [1.29, 1.82) is 0 Å². The van der Waals surface area contributed by atoms with Gasteiger partial charge in [0.25, 0.3) is 0 Å². The zero-order valence-corrected chi connectivity index (χ0v) is 18.3. The van der Waals surface area contributed by atoms with Crippen LogP contribution in [0.1, 0.15) is 28.2 Å². The number of rotatable bonds is 5. The normalized spacial score (nSPS) is 12.6. The second-order valence-corrected chi connectivity index (χ2v) is 7.83. The standard InChI is InChI=1S/C21H13BrF9N3/c22-18-15(19(23,24)25)8-14(9-16(18)20(26,27)28)34(10-12-4-1-2-7-32-12)11-13-5-3-6-17(33-13)21(29,30)31/h1-9H,10-11H2. The fourth-order valence-electron chi connectivity index (χ4n) is 3.05. The molecule has 0 aliphatic carbocycles. The van der Waals surface area contributed by atoms with Crippen molar-refractivity contribution in [2.24, 2.45) is 0 Å². The highest BCUT2D eigenvalue weighted by Gasteiger charge is 2.41. The first kappa shape index (κ1) is 25.8.